The van der Waals surface area contributed by atoms with Crippen molar-refractivity contribution in [1.29, 1.82) is 0 Å². The molecule has 0 bridgehead atoms. The van der Waals surface area contributed by atoms with Crippen molar-refractivity contribution in [1.82, 2.24) is 0 Å². The SMILES string of the molecule is NC(=O)CCCN1CCCc2ccc(OCc3ccccc3)cc21. The number of nitrogens with zero attached hydrogens (tertiary/aromatic N) is 1. The first kappa shape index (κ1) is 16.4. The van der Waals surface area contributed by atoms with Crippen LogP contribution < -0.4 is 15.4 Å². The topological polar surface area (TPSA) is 55.6 Å². The van der Waals surface area contributed by atoms with Gasteiger partial charge in [0.1, 0.15) is 12.4 Å². The van der Waals surface area contributed by atoms with Crippen LogP contribution in [-0.2, 0) is 17.8 Å². The first-order valence-electron chi connectivity index (χ1n) is 8.55. The van der Waals surface area contributed by atoms with E-state index in [1.807, 2.05) is 18.2 Å². The third-order valence-electron chi connectivity index (χ3n) is 4.37. The van der Waals surface area contributed by atoms with Crippen molar-refractivity contribution in [3.63, 3.8) is 0 Å². The number of nitrogens with two attached hydrogens (primary N) is 1. The summed E-state index contributed by atoms with van der Waals surface area (Å²) in [7, 11) is 0. The molecule has 0 aliphatic carbocycles. The van der Waals surface area contributed by atoms with Crippen LogP contribution >= 0.6 is 0 Å². The van der Waals surface area contributed by atoms with E-state index in [9.17, 15) is 4.79 Å². The molecule has 126 valence electrons. The fourth-order valence-corrected chi connectivity index (χ4v) is 3.14. The zero-order valence-electron chi connectivity index (χ0n) is 13.9. The number of ether oxygens (including phenoxy) is 1. The second-order valence-corrected chi connectivity index (χ2v) is 6.23. The second-order valence-electron chi connectivity index (χ2n) is 6.23. The molecule has 0 saturated carbocycles. The summed E-state index contributed by atoms with van der Waals surface area (Å²) in [5.41, 5.74) is 8.99. The molecule has 0 unspecified atom stereocenters. The van der Waals surface area contributed by atoms with Crippen LogP contribution in [0.1, 0.15) is 30.4 Å². The summed E-state index contributed by atoms with van der Waals surface area (Å²) in [6.07, 6.45) is 3.48. The van der Waals surface area contributed by atoms with Crippen LogP contribution in [0.5, 0.6) is 5.75 Å². The van der Waals surface area contributed by atoms with Gasteiger partial charge in [-0.1, -0.05) is 36.4 Å². The molecule has 1 amide bonds. The van der Waals surface area contributed by atoms with E-state index in [-0.39, 0.29) is 5.91 Å². The second kappa shape index (κ2) is 7.86. The predicted octanol–water partition coefficient (Wildman–Crippen LogP) is 3.28. The fourth-order valence-electron chi connectivity index (χ4n) is 3.14. The van der Waals surface area contributed by atoms with E-state index in [1.54, 1.807) is 0 Å². The van der Waals surface area contributed by atoms with Crippen molar-refractivity contribution < 1.29 is 9.53 Å². The first-order chi connectivity index (χ1) is 11.7. The lowest BCUT2D eigenvalue weighted by atomic mass is 10.0. The van der Waals surface area contributed by atoms with Gasteiger partial charge in [-0.2, -0.15) is 0 Å². The molecular weight excluding hydrogens is 300 g/mol. The summed E-state index contributed by atoms with van der Waals surface area (Å²) < 4.78 is 5.95. The van der Waals surface area contributed by atoms with Crippen LogP contribution in [0.2, 0.25) is 0 Å². The molecule has 2 N–H and O–H groups in total. The number of aryl methyl sites for hydroxylation is 1. The zero-order valence-corrected chi connectivity index (χ0v) is 13.9. The summed E-state index contributed by atoms with van der Waals surface area (Å²) in [5, 5.41) is 0. The van der Waals surface area contributed by atoms with E-state index in [4.69, 9.17) is 10.5 Å². The van der Waals surface area contributed by atoms with E-state index < -0.39 is 0 Å². The number of amides is 1. The van der Waals surface area contributed by atoms with Crippen LogP contribution in [0.3, 0.4) is 0 Å². The van der Waals surface area contributed by atoms with Gasteiger partial charge in [-0.15, -0.1) is 0 Å². The Bertz CT molecular complexity index is 685. The molecule has 1 heterocycles. The number of anilines is 1. The molecule has 2 aromatic carbocycles. The number of carbonyl (C=O) groups excluding carboxylic acids is 1. The summed E-state index contributed by atoms with van der Waals surface area (Å²) in [6.45, 7) is 2.45. The van der Waals surface area contributed by atoms with Gasteiger partial charge in [0, 0.05) is 31.3 Å². The van der Waals surface area contributed by atoms with Gasteiger partial charge in [0.05, 0.1) is 0 Å². The number of rotatable bonds is 7. The summed E-state index contributed by atoms with van der Waals surface area (Å²) in [5.74, 6) is 0.659. The summed E-state index contributed by atoms with van der Waals surface area (Å²) in [4.78, 5) is 13.3. The minimum Gasteiger partial charge on any atom is -0.489 e. The Hall–Kier alpha value is -2.49. The highest BCUT2D eigenvalue weighted by atomic mass is 16.5. The summed E-state index contributed by atoms with van der Waals surface area (Å²) >= 11 is 0. The third-order valence-corrected chi connectivity index (χ3v) is 4.37. The normalized spacial score (nSPS) is 13.4. The first-order valence-corrected chi connectivity index (χ1v) is 8.55. The van der Waals surface area contributed by atoms with Crippen molar-refractivity contribution in [2.75, 3.05) is 18.0 Å². The molecule has 0 fully saturated rings. The minimum absolute atomic E-state index is 0.229. The smallest absolute Gasteiger partial charge is 0.217 e. The lowest BCUT2D eigenvalue weighted by molar-refractivity contribution is -0.118. The molecule has 1 aliphatic heterocycles. The standard InChI is InChI=1S/C20H24N2O2/c21-20(23)9-5-13-22-12-4-8-17-10-11-18(14-19(17)22)24-15-16-6-2-1-3-7-16/h1-3,6-7,10-11,14H,4-5,8-9,12-13,15H2,(H2,21,23). The third kappa shape index (κ3) is 4.28. The number of benzene rings is 2. The Balaban J connectivity index is 1.67. The highest BCUT2D eigenvalue weighted by Gasteiger charge is 2.17. The number of primary amides is 1. The molecule has 2 aromatic rings. The van der Waals surface area contributed by atoms with Crippen LogP contribution in [0.25, 0.3) is 0 Å². The van der Waals surface area contributed by atoms with E-state index in [0.717, 1.165) is 43.7 Å². The average molecular weight is 324 g/mol. The molecule has 0 spiro atoms. The number of hydrogen-bond acceptors (Lipinski definition) is 3. The predicted molar refractivity (Wildman–Crippen MR) is 96.2 cm³/mol. The molecule has 0 saturated heterocycles. The Morgan fingerprint density at radius 1 is 1.17 bits per heavy atom. The van der Waals surface area contributed by atoms with Crippen LogP contribution in [-0.4, -0.2) is 19.0 Å². The van der Waals surface area contributed by atoms with E-state index in [0.29, 0.717) is 13.0 Å². The largest absolute Gasteiger partial charge is 0.489 e. The Kier molecular flexibility index (Phi) is 5.36. The van der Waals surface area contributed by atoms with E-state index in [2.05, 4.69) is 35.2 Å². The van der Waals surface area contributed by atoms with Gasteiger partial charge in [0.2, 0.25) is 5.91 Å². The van der Waals surface area contributed by atoms with Gasteiger partial charge in [-0.3, -0.25) is 4.79 Å². The lowest BCUT2D eigenvalue weighted by Crippen LogP contribution is -2.31. The van der Waals surface area contributed by atoms with Gasteiger partial charge in [-0.05, 0) is 36.5 Å². The Morgan fingerprint density at radius 3 is 2.79 bits per heavy atom. The van der Waals surface area contributed by atoms with Gasteiger partial charge < -0.3 is 15.4 Å². The lowest BCUT2D eigenvalue weighted by Gasteiger charge is -2.31. The number of carbonyl (C=O) groups is 1. The van der Waals surface area contributed by atoms with Crippen molar-refractivity contribution in [2.45, 2.75) is 32.3 Å². The fraction of sp³-hybridized carbons (Fsp3) is 0.350. The number of hydrogen-bond donors (Lipinski definition) is 1. The van der Waals surface area contributed by atoms with Gasteiger partial charge >= 0.3 is 0 Å². The van der Waals surface area contributed by atoms with Crippen LogP contribution in [0.15, 0.2) is 48.5 Å². The molecular formula is C20H24N2O2. The molecule has 0 atom stereocenters. The van der Waals surface area contributed by atoms with Crippen molar-refractivity contribution in [2.24, 2.45) is 5.73 Å². The molecule has 24 heavy (non-hydrogen) atoms. The summed E-state index contributed by atoms with van der Waals surface area (Å²) in [6, 6.07) is 16.5. The van der Waals surface area contributed by atoms with Crippen LogP contribution in [0.4, 0.5) is 5.69 Å². The molecule has 0 aromatic heterocycles. The highest BCUT2D eigenvalue weighted by Crippen LogP contribution is 2.31. The zero-order chi connectivity index (χ0) is 16.8. The molecule has 4 nitrogen and oxygen atoms in total. The molecule has 1 aliphatic rings. The quantitative estimate of drug-likeness (QED) is 0.850. The van der Waals surface area contributed by atoms with Crippen molar-refractivity contribution in [3.8, 4) is 5.75 Å². The van der Waals surface area contributed by atoms with Gasteiger partial charge in [0.15, 0.2) is 0 Å². The maximum Gasteiger partial charge on any atom is 0.217 e. The average Bonchev–Trinajstić information content (AvgIpc) is 2.61. The molecule has 4 heteroatoms. The molecule has 3 rings (SSSR count). The number of fused-ring (bicyclic) bond motifs is 1. The monoisotopic (exact) mass is 324 g/mol. The van der Waals surface area contributed by atoms with E-state index in [1.165, 1.54) is 11.3 Å². The van der Waals surface area contributed by atoms with Gasteiger partial charge in [-0.25, -0.2) is 0 Å². The maximum absolute atomic E-state index is 10.9. The Labute approximate surface area is 143 Å². The Morgan fingerprint density at radius 2 is 2.00 bits per heavy atom. The van der Waals surface area contributed by atoms with Crippen LogP contribution in [0, 0.1) is 0 Å². The van der Waals surface area contributed by atoms with Crippen molar-refractivity contribution in [3.05, 3.63) is 59.7 Å². The maximum atomic E-state index is 10.9. The van der Waals surface area contributed by atoms with Crippen molar-refractivity contribution >= 4 is 11.6 Å². The minimum atomic E-state index is -0.229. The van der Waals surface area contributed by atoms with E-state index >= 15 is 0 Å². The van der Waals surface area contributed by atoms with Gasteiger partial charge in [0.25, 0.3) is 0 Å². The molecule has 0 radical (unpaired) electrons. The highest BCUT2D eigenvalue weighted by molar-refractivity contribution is 5.73.